The molecule has 1 aliphatic heterocycles. The third kappa shape index (κ3) is 3.66. The minimum atomic E-state index is -0.374. The number of aromatic amines is 1. The van der Waals surface area contributed by atoms with Crippen molar-refractivity contribution in [2.75, 3.05) is 25.8 Å². The number of amides is 1. The van der Waals surface area contributed by atoms with E-state index in [0.717, 1.165) is 16.8 Å². The molecule has 142 valence electrons. The SMILES string of the molecule is CN(C)c1ccc(C=NNC(=O)c2cc(-c3ccc4c(c3)OCO4)n[nH]2)cc1. The molecule has 0 unspecified atom stereocenters. The van der Waals surface area contributed by atoms with E-state index in [-0.39, 0.29) is 12.7 Å². The second-order valence-corrected chi connectivity index (χ2v) is 6.42. The van der Waals surface area contributed by atoms with Crippen molar-refractivity contribution in [1.82, 2.24) is 15.6 Å². The number of nitrogens with one attached hydrogen (secondary N) is 2. The summed E-state index contributed by atoms with van der Waals surface area (Å²) < 4.78 is 10.7. The van der Waals surface area contributed by atoms with Gasteiger partial charge < -0.3 is 14.4 Å². The highest BCUT2D eigenvalue weighted by molar-refractivity contribution is 5.94. The predicted octanol–water partition coefficient (Wildman–Crippen LogP) is 2.64. The Kier molecular flexibility index (Phi) is 4.67. The zero-order valence-corrected chi connectivity index (χ0v) is 15.5. The average Bonchev–Trinajstić information content (AvgIpc) is 3.37. The third-order valence-electron chi connectivity index (χ3n) is 4.28. The number of H-pyrrole nitrogens is 1. The fraction of sp³-hybridized carbons (Fsp3) is 0.150. The Hall–Kier alpha value is -3.81. The molecule has 0 spiro atoms. The van der Waals surface area contributed by atoms with E-state index in [2.05, 4.69) is 20.7 Å². The number of hydrogen-bond acceptors (Lipinski definition) is 6. The van der Waals surface area contributed by atoms with Crippen LogP contribution in [0.3, 0.4) is 0 Å². The van der Waals surface area contributed by atoms with Crippen molar-refractivity contribution in [1.29, 1.82) is 0 Å². The molecular weight excluding hydrogens is 358 g/mol. The molecular formula is C20H19N5O3. The molecule has 8 nitrogen and oxygen atoms in total. The Labute approximate surface area is 161 Å². The predicted molar refractivity (Wildman–Crippen MR) is 106 cm³/mol. The number of carbonyl (C=O) groups excluding carboxylic acids is 1. The van der Waals surface area contributed by atoms with E-state index >= 15 is 0 Å². The van der Waals surface area contributed by atoms with Crippen molar-refractivity contribution in [3.8, 4) is 22.8 Å². The largest absolute Gasteiger partial charge is 0.454 e. The van der Waals surface area contributed by atoms with Gasteiger partial charge in [0.1, 0.15) is 5.69 Å². The molecule has 4 rings (SSSR count). The van der Waals surface area contributed by atoms with Gasteiger partial charge in [-0.3, -0.25) is 9.89 Å². The molecule has 1 amide bonds. The molecule has 0 bridgehead atoms. The number of aromatic nitrogens is 2. The summed E-state index contributed by atoms with van der Waals surface area (Å²) in [6.45, 7) is 0.211. The number of nitrogens with zero attached hydrogens (tertiary/aromatic N) is 3. The summed E-state index contributed by atoms with van der Waals surface area (Å²) in [5, 5.41) is 10.9. The van der Waals surface area contributed by atoms with E-state index in [1.807, 2.05) is 61.5 Å². The van der Waals surface area contributed by atoms with Crippen LogP contribution in [0.4, 0.5) is 5.69 Å². The first-order chi connectivity index (χ1) is 13.6. The summed E-state index contributed by atoms with van der Waals surface area (Å²) in [5.41, 5.74) is 6.24. The van der Waals surface area contributed by atoms with Crippen molar-refractivity contribution in [2.24, 2.45) is 5.10 Å². The van der Waals surface area contributed by atoms with Gasteiger partial charge in [0, 0.05) is 25.3 Å². The van der Waals surface area contributed by atoms with Crippen molar-refractivity contribution in [3.63, 3.8) is 0 Å². The summed E-state index contributed by atoms with van der Waals surface area (Å²) in [7, 11) is 3.96. The molecule has 28 heavy (non-hydrogen) atoms. The zero-order valence-electron chi connectivity index (χ0n) is 15.5. The number of ether oxygens (including phenoxy) is 2. The molecule has 1 aromatic heterocycles. The maximum atomic E-state index is 12.3. The van der Waals surface area contributed by atoms with Gasteiger partial charge in [0.15, 0.2) is 11.5 Å². The Morgan fingerprint density at radius 2 is 1.93 bits per heavy atom. The van der Waals surface area contributed by atoms with Gasteiger partial charge in [-0.15, -0.1) is 0 Å². The van der Waals surface area contributed by atoms with Gasteiger partial charge in [-0.25, -0.2) is 5.43 Å². The Balaban J connectivity index is 1.40. The Morgan fingerprint density at radius 1 is 1.14 bits per heavy atom. The van der Waals surface area contributed by atoms with Crippen molar-refractivity contribution < 1.29 is 14.3 Å². The van der Waals surface area contributed by atoms with Crippen molar-refractivity contribution in [3.05, 3.63) is 59.8 Å². The maximum absolute atomic E-state index is 12.3. The lowest BCUT2D eigenvalue weighted by molar-refractivity contribution is 0.0950. The summed E-state index contributed by atoms with van der Waals surface area (Å²) in [6, 6.07) is 15.0. The van der Waals surface area contributed by atoms with Gasteiger partial charge in [-0.2, -0.15) is 10.2 Å². The van der Waals surface area contributed by atoms with Crippen LogP contribution in [0.15, 0.2) is 53.6 Å². The summed E-state index contributed by atoms with van der Waals surface area (Å²) >= 11 is 0. The first-order valence-electron chi connectivity index (χ1n) is 8.66. The van der Waals surface area contributed by atoms with E-state index < -0.39 is 0 Å². The van der Waals surface area contributed by atoms with Crippen LogP contribution in [0.2, 0.25) is 0 Å². The van der Waals surface area contributed by atoms with E-state index in [9.17, 15) is 4.79 Å². The van der Waals surface area contributed by atoms with Gasteiger partial charge >= 0.3 is 0 Å². The quantitative estimate of drug-likeness (QED) is 0.527. The fourth-order valence-electron chi connectivity index (χ4n) is 2.73. The molecule has 2 aromatic carbocycles. The molecule has 0 atom stereocenters. The zero-order chi connectivity index (χ0) is 19.5. The van der Waals surface area contributed by atoms with Crippen molar-refractivity contribution in [2.45, 2.75) is 0 Å². The highest BCUT2D eigenvalue weighted by Gasteiger charge is 2.16. The van der Waals surface area contributed by atoms with Gasteiger partial charge in [-0.05, 0) is 42.0 Å². The molecule has 0 fully saturated rings. The summed E-state index contributed by atoms with van der Waals surface area (Å²) in [6.07, 6.45) is 1.59. The normalized spacial score (nSPS) is 12.4. The highest BCUT2D eigenvalue weighted by atomic mass is 16.7. The lowest BCUT2D eigenvalue weighted by Crippen LogP contribution is -2.18. The van der Waals surface area contributed by atoms with Crippen LogP contribution in [0.5, 0.6) is 11.5 Å². The average molecular weight is 377 g/mol. The summed E-state index contributed by atoms with van der Waals surface area (Å²) in [4.78, 5) is 14.3. The first-order valence-corrected chi connectivity index (χ1v) is 8.66. The number of fused-ring (bicyclic) bond motifs is 1. The van der Waals surface area contributed by atoms with E-state index in [1.165, 1.54) is 0 Å². The van der Waals surface area contributed by atoms with Gasteiger partial charge in [-0.1, -0.05) is 12.1 Å². The highest BCUT2D eigenvalue weighted by Crippen LogP contribution is 2.35. The van der Waals surface area contributed by atoms with E-state index in [0.29, 0.717) is 22.9 Å². The van der Waals surface area contributed by atoms with Crippen molar-refractivity contribution >= 4 is 17.8 Å². The van der Waals surface area contributed by atoms with Crippen LogP contribution in [0.25, 0.3) is 11.3 Å². The summed E-state index contributed by atoms with van der Waals surface area (Å²) in [5.74, 6) is 0.988. The van der Waals surface area contributed by atoms with Crippen LogP contribution in [0, 0.1) is 0 Å². The topological polar surface area (TPSA) is 91.8 Å². The van der Waals surface area contributed by atoms with Crippen LogP contribution < -0.4 is 19.8 Å². The molecule has 1 aliphatic rings. The molecule has 0 aliphatic carbocycles. The van der Waals surface area contributed by atoms with Crippen LogP contribution in [-0.2, 0) is 0 Å². The van der Waals surface area contributed by atoms with Gasteiger partial charge in [0.2, 0.25) is 6.79 Å². The maximum Gasteiger partial charge on any atom is 0.289 e. The van der Waals surface area contributed by atoms with Crippen LogP contribution in [-0.4, -0.2) is 43.2 Å². The molecule has 0 radical (unpaired) electrons. The number of hydrazone groups is 1. The minimum Gasteiger partial charge on any atom is -0.454 e. The molecule has 0 saturated heterocycles. The third-order valence-corrected chi connectivity index (χ3v) is 4.28. The van der Waals surface area contributed by atoms with Gasteiger partial charge in [0.05, 0.1) is 11.9 Å². The number of anilines is 1. The monoisotopic (exact) mass is 377 g/mol. The number of rotatable bonds is 5. The van der Waals surface area contributed by atoms with Crippen LogP contribution >= 0.6 is 0 Å². The standard InChI is InChI=1S/C20H19N5O3/c1-25(2)15-6-3-13(4-7-15)11-21-24-20(26)17-10-16(22-23-17)14-5-8-18-19(9-14)28-12-27-18/h3-11H,12H2,1-2H3,(H,22,23)(H,24,26). The molecule has 3 aromatic rings. The first kappa shape index (κ1) is 17.6. The van der Waals surface area contributed by atoms with Crippen LogP contribution in [0.1, 0.15) is 16.1 Å². The second kappa shape index (κ2) is 7.43. The Morgan fingerprint density at radius 3 is 2.71 bits per heavy atom. The van der Waals surface area contributed by atoms with E-state index in [1.54, 1.807) is 12.3 Å². The molecule has 8 heteroatoms. The van der Waals surface area contributed by atoms with Gasteiger partial charge in [0.25, 0.3) is 5.91 Å². The number of hydrogen-bond donors (Lipinski definition) is 2. The molecule has 2 N–H and O–H groups in total. The Bertz CT molecular complexity index is 1020. The minimum absolute atomic E-state index is 0.211. The van der Waals surface area contributed by atoms with E-state index in [4.69, 9.17) is 9.47 Å². The lowest BCUT2D eigenvalue weighted by Gasteiger charge is -2.11. The number of benzene rings is 2. The molecule has 2 heterocycles. The molecule has 0 saturated carbocycles. The second-order valence-electron chi connectivity index (χ2n) is 6.42. The lowest BCUT2D eigenvalue weighted by atomic mass is 10.1. The number of carbonyl (C=O) groups is 1. The smallest absolute Gasteiger partial charge is 0.289 e. The fourth-order valence-corrected chi connectivity index (χ4v) is 2.73.